The van der Waals surface area contributed by atoms with E-state index in [0.29, 0.717) is 12.3 Å². The molecule has 0 bridgehead atoms. The summed E-state index contributed by atoms with van der Waals surface area (Å²) < 4.78 is 26.4. The third kappa shape index (κ3) is 2.71. The number of carboxylic acid groups (broad SMARTS) is 1. The predicted octanol–water partition coefficient (Wildman–Crippen LogP) is 2.64. The van der Waals surface area contributed by atoms with Crippen LogP contribution in [0.2, 0.25) is 0 Å². The summed E-state index contributed by atoms with van der Waals surface area (Å²) >= 11 is 5.36. The molecule has 0 spiro atoms. The summed E-state index contributed by atoms with van der Waals surface area (Å²) in [5.74, 6) is 1.30. The number of rotatable bonds is 2. The maximum absolute atomic E-state index is 13.5. The molecule has 1 aromatic rings. The van der Waals surface area contributed by atoms with Crippen LogP contribution in [0.1, 0.15) is 22.3 Å². The Morgan fingerprint density at radius 2 is 2.12 bits per heavy atom. The van der Waals surface area contributed by atoms with Crippen LogP contribution in [0.3, 0.4) is 0 Å². The zero-order valence-corrected chi connectivity index (χ0v) is 8.81. The molecule has 0 radical (unpaired) electrons. The first-order valence-electron chi connectivity index (χ1n) is 4.34. The minimum atomic E-state index is -1.66. The molecule has 1 aromatic carbocycles. The lowest BCUT2D eigenvalue weighted by Crippen LogP contribution is -2.06. The largest absolute Gasteiger partial charge is 0.477 e. The number of carboxylic acids is 1. The number of halogens is 3. The van der Waals surface area contributed by atoms with Crippen molar-refractivity contribution in [3.8, 4) is 11.8 Å². The van der Waals surface area contributed by atoms with Crippen molar-refractivity contribution >= 4 is 17.6 Å². The van der Waals surface area contributed by atoms with Gasteiger partial charge in [-0.25, -0.2) is 13.6 Å². The highest BCUT2D eigenvalue weighted by Crippen LogP contribution is 2.16. The average Bonchev–Trinajstić information content (AvgIpc) is 2.21. The fourth-order valence-corrected chi connectivity index (χ4v) is 1.14. The normalized spacial score (nSPS) is 9.44. The van der Waals surface area contributed by atoms with Crippen LogP contribution in [0.5, 0.6) is 0 Å². The highest BCUT2D eigenvalue weighted by molar-refractivity contribution is 6.18. The van der Waals surface area contributed by atoms with Crippen LogP contribution in [-0.2, 0) is 0 Å². The van der Waals surface area contributed by atoms with E-state index in [4.69, 9.17) is 16.7 Å². The second-order valence-electron chi connectivity index (χ2n) is 2.83. The summed E-state index contributed by atoms with van der Waals surface area (Å²) in [7, 11) is 0. The summed E-state index contributed by atoms with van der Waals surface area (Å²) in [4.78, 5) is 10.6. The van der Waals surface area contributed by atoms with Gasteiger partial charge in [-0.05, 0) is 12.1 Å². The predicted molar refractivity (Wildman–Crippen MR) is 55.5 cm³/mol. The van der Waals surface area contributed by atoms with E-state index < -0.39 is 23.2 Å². The lowest BCUT2D eigenvalue weighted by molar-refractivity contribution is 0.0686. The Bertz CT molecular complexity index is 475. The van der Waals surface area contributed by atoms with Gasteiger partial charge >= 0.3 is 5.97 Å². The molecule has 2 nitrogen and oxygen atoms in total. The van der Waals surface area contributed by atoms with Crippen molar-refractivity contribution in [2.45, 2.75) is 6.42 Å². The van der Waals surface area contributed by atoms with Gasteiger partial charge in [-0.2, -0.15) is 0 Å². The highest BCUT2D eigenvalue weighted by atomic mass is 35.5. The van der Waals surface area contributed by atoms with E-state index in [1.807, 2.05) is 0 Å². The minimum Gasteiger partial charge on any atom is -0.477 e. The standard InChI is InChI=1S/C11H7ClF2O2/c12-6-2-1-3-7-4-5-8(13)9(10(7)14)11(15)16/h4-5H,2,6H2,(H,15,16). The quantitative estimate of drug-likeness (QED) is 0.641. The van der Waals surface area contributed by atoms with Crippen LogP contribution in [0.25, 0.3) is 0 Å². The monoisotopic (exact) mass is 244 g/mol. The number of aromatic carboxylic acids is 1. The molecule has 0 saturated carbocycles. The molecule has 0 fully saturated rings. The van der Waals surface area contributed by atoms with Crippen LogP contribution in [0.4, 0.5) is 8.78 Å². The third-order valence-electron chi connectivity index (χ3n) is 1.75. The third-order valence-corrected chi connectivity index (χ3v) is 1.94. The Labute approximate surface area is 95.8 Å². The van der Waals surface area contributed by atoms with Crippen LogP contribution < -0.4 is 0 Å². The van der Waals surface area contributed by atoms with Gasteiger partial charge in [0.2, 0.25) is 0 Å². The Kier molecular flexibility index (Phi) is 4.27. The topological polar surface area (TPSA) is 37.3 Å². The van der Waals surface area contributed by atoms with Gasteiger partial charge in [0.05, 0.1) is 5.56 Å². The molecule has 0 saturated heterocycles. The zero-order chi connectivity index (χ0) is 12.1. The summed E-state index contributed by atoms with van der Waals surface area (Å²) in [6, 6.07) is 1.97. The van der Waals surface area contributed by atoms with Gasteiger partial charge in [0, 0.05) is 12.3 Å². The van der Waals surface area contributed by atoms with Gasteiger partial charge in [-0.15, -0.1) is 11.6 Å². The number of hydrogen-bond acceptors (Lipinski definition) is 1. The van der Waals surface area contributed by atoms with Gasteiger partial charge in [-0.1, -0.05) is 11.8 Å². The molecular formula is C11H7ClF2O2. The molecule has 0 aliphatic rings. The fourth-order valence-electron chi connectivity index (χ4n) is 1.05. The first kappa shape index (κ1) is 12.5. The summed E-state index contributed by atoms with van der Waals surface area (Å²) in [5.41, 5.74) is -1.14. The van der Waals surface area contributed by atoms with Gasteiger partial charge in [-0.3, -0.25) is 0 Å². The molecule has 1 rings (SSSR count). The molecule has 0 amide bonds. The average molecular weight is 245 g/mol. The second kappa shape index (κ2) is 5.47. The van der Waals surface area contributed by atoms with E-state index in [0.717, 1.165) is 12.1 Å². The minimum absolute atomic E-state index is 0.149. The van der Waals surface area contributed by atoms with Crippen molar-refractivity contribution in [3.05, 3.63) is 34.9 Å². The lowest BCUT2D eigenvalue weighted by Gasteiger charge is -2.01. The molecule has 0 aromatic heterocycles. The van der Waals surface area contributed by atoms with Gasteiger partial charge in [0.15, 0.2) is 5.82 Å². The van der Waals surface area contributed by atoms with E-state index in [9.17, 15) is 13.6 Å². The van der Waals surface area contributed by atoms with Crippen molar-refractivity contribution in [1.82, 2.24) is 0 Å². The maximum Gasteiger partial charge on any atom is 0.341 e. The molecule has 0 aliphatic carbocycles. The van der Waals surface area contributed by atoms with Crippen molar-refractivity contribution in [1.29, 1.82) is 0 Å². The van der Waals surface area contributed by atoms with E-state index in [1.54, 1.807) is 0 Å². The molecule has 0 unspecified atom stereocenters. The van der Waals surface area contributed by atoms with Crippen LogP contribution >= 0.6 is 11.6 Å². The lowest BCUT2D eigenvalue weighted by atomic mass is 10.1. The number of hydrogen-bond donors (Lipinski definition) is 1. The number of carbonyl (C=O) groups is 1. The first-order valence-corrected chi connectivity index (χ1v) is 4.87. The molecule has 1 N–H and O–H groups in total. The Balaban J connectivity index is 3.20. The first-order chi connectivity index (χ1) is 7.57. The van der Waals surface area contributed by atoms with Crippen LogP contribution in [-0.4, -0.2) is 17.0 Å². The number of alkyl halides is 1. The molecule has 5 heteroatoms. The highest BCUT2D eigenvalue weighted by Gasteiger charge is 2.18. The van der Waals surface area contributed by atoms with E-state index >= 15 is 0 Å². The van der Waals surface area contributed by atoms with Crippen molar-refractivity contribution in [2.75, 3.05) is 5.88 Å². The SMILES string of the molecule is O=C(O)c1c(F)ccc(C#CCCCl)c1F. The van der Waals surface area contributed by atoms with Gasteiger partial charge in [0.25, 0.3) is 0 Å². The van der Waals surface area contributed by atoms with E-state index in [2.05, 4.69) is 11.8 Å². The van der Waals surface area contributed by atoms with E-state index in [1.165, 1.54) is 0 Å². The van der Waals surface area contributed by atoms with Crippen LogP contribution in [0.15, 0.2) is 12.1 Å². The number of benzene rings is 1. The summed E-state index contributed by atoms with van der Waals surface area (Å²) in [6.07, 6.45) is 0.348. The van der Waals surface area contributed by atoms with Crippen molar-refractivity contribution < 1.29 is 18.7 Å². The molecule has 84 valence electrons. The smallest absolute Gasteiger partial charge is 0.341 e. The Morgan fingerprint density at radius 1 is 1.44 bits per heavy atom. The maximum atomic E-state index is 13.5. The molecule has 16 heavy (non-hydrogen) atoms. The Morgan fingerprint density at radius 3 is 2.69 bits per heavy atom. The van der Waals surface area contributed by atoms with Gasteiger partial charge in [0.1, 0.15) is 11.4 Å². The van der Waals surface area contributed by atoms with Crippen molar-refractivity contribution in [3.63, 3.8) is 0 Å². The fraction of sp³-hybridized carbons (Fsp3) is 0.182. The molecule has 0 aliphatic heterocycles. The molecule has 0 atom stereocenters. The summed E-state index contributed by atoms with van der Waals surface area (Å²) in [5, 5.41) is 8.59. The van der Waals surface area contributed by atoms with Crippen LogP contribution in [0, 0.1) is 23.5 Å². The molecule has 0 heterocycles. The molecular weight excluding hydrogens is 238 g/mol. The Hall–Kier alpha value is -1.60. The van der Waals surface area contributed by atoms with E-state index in [-0.39, 0.29) is 5.56 Å². The summed E-state index contributed by atoms with van der Waals surface area (Å²) in [6.45, 7) is 0. The van der Waals surface area contributed by atoms with Crippen molar-refractivity contribution in [2.24, 2.45) is 0 Å². The zero-order valence-electron chi connectivity index (χ0n) is 8.06. The van der Waals surface area contributed by atoms with Gasteiger partial charge < -0.3 is 5.11 Å². The second-order valence-corrected chi connectivity index (χ2v) is 3.21.